The molecule has 0 unspecified atom stereocenters. The zero-order valence-electron chi connectivity index (χ0n) is 17.6. The fourth-order valence-electron chi connectivity index (χ4n) is 5.07. The minimum Gasteiger partial charge on any atom is -0.508 e. The van der Waals surface area contributed by atoms with E-state index in [2.05, 4.69) is 4.98 Å². The predicted octanol–water partition coefficient (Wildman–Crippen LogP) is 2.53. The van der Waals surface area contributed by atoms with Crippen molar-refractivity contribution in [2.75, 3.05) is 13.1 Å². The Balaban J connectivity index is 1.34. The van der Waals surface area contributed by atoms with Gasteiger partial charge in [0.25, 0.3) is 5.56 Å². The molecule has 1 amide bonds. The minimum absolute atomic E-state index is 0.000768. The summed E-state index contributed by atoms with van der Waals surface area (Å²) < 4.78 is 3.75. The monoisotopic (exact) mass is 418 g/mol. The van der Waals surface area contributed by atoms with Crippen molar-refractivity contribution in [3.8, 4) is 17.1 Å². The molecule has 1 saturated heterocycles. The van der Waals surface area contributed by atoms with Crippen molar-refractivity contribution in [1.82, 2.24) is 19.0 Å². The van der Waals surface area contributed by atoms with Crippen molar-refractivity contribution in [2.24, 2.45) is 13.0 Å². The lowest BCUT2D eigenvalue weighted by Gasteiger charge is -2.43. The lowest BCUT2D eigenvalue weighted by molar-refractivity contribution is -0.133. The number of amides is 1. The van der Waals surface area contributed by atoms with Gasteiger partial charge >= 0.3 is 0 Å². The van der Waals surface area contributed by atoms with E-state index >= 15 is 0 Å². The average molecular weight is 418 g/mol. The molecule has 31 heavy (non-hydrogen) atoms. The number of carbonyl (C=O) groups is 1. The number of para-hydroxylation sites is 1. The van der Waals surface area contributed by atoms with Crippen LogP contribution in [-0.4, -0.2) is 43.1 Å². The van der Waals surface area contributed by atoms with E-state index in [1.54, 1.807) is 18.3 Å². The molecule has 2 aliphatic rings. The second kappa shape index (κ2) is 7.72. The molecule has 7 heteroatoms. The number of rotatable bonds is 4. The number of pyridine rings is 1. The molecular formula is C24H26N4O3. The zero-order valence-corrected chi connectivity index (χ0v) is 17.6. The standard InChI is InChI=1S/C24H26N4O3/c1-26-11-10-25-23(26)19-7-8-20-18-12-16(14-28(20)24(19)31)13-27(15-18)22(30)9-6-17-4-2-3-5-21(17)29/h2-5,7-8,10-11,16,18,29H,6,9,12-15H2,1H3/t16-,18+/m0/s1. The molecule has 4 heterocycles. The number of phenolic OH excluding ortho intramolecular Hbond substituents is 1. The summed E-state index contributed by atoms with van der Waals surface area (Å²) in [4.78, 5) is 32.4. The number of nitrogens with zero attached hydrogens (tertiary/aromatic N) is 4. The fourth-order valence-corrected chi connectivity index (χ4v) is 5.07. The van der Waals surface area contributed by atoms with Crippen molar-refractivity contribution in [2.45, 2.75) is 31.7 Å². The molecule has 0 aliphatic carbocycles. The highest BCUT2D eigenvalue weighted by Crippen LogP contribution is 2.36. The van der Waals surface area contributed by atoms with Gasteiger partial charge in [0.05, 0.1) is 5.56 Å². The SMILES string of the molecule is Cn1ccnc1-c1ccc2n(c1=O)C[C@H]1C[C@@H]2CN(C(=O)CCc2ccccc2O)C1. The molecule has 3 aromatic rings. The number of phenols is 1. The van der Waals surface area contributed by atoms with E-state index in [4.69, 9.17) is 0 Å². The highest BCUT2D eigenvalue weighted by atomic mass is 16.3. The number of piperidine rings is 1. The first-order chi connectivity index (χ1) is 15.0. The third-order valence-corrected chi connectivity index (χ3v) is 6.62. The Hall–Kier alpha value is -3.35. The molecule has 0 saturated carbocycles. The number of benzene rings is 1. The van der Waals surface area contributed by atoms with Gasteiger partial charge in [-0.3, -0.25) is 9.59 Å². The van der Waals surface area contributed by atoms with Gasteiger partial charge in [0.15, 0.2) is 0 Å². The minimum atomic E-state index is 0.000768. The van der Waals surface area contributed by atoms with Crippen LogP contribution in [0.2, 0.25) is 0 Å². The van der Waals surface area contributed by atoms with Crippen LogP contribution >= 0.6 is 0 Å². The highest BCUT2D eigenvalue weighted by molar-refractivity contribution is 5.77. The summed E-state index contributed by atoms with van der Waals surface area (Å²) in [7, 11) is 1.89. The number of carbonyl (C=O) groups excluding carboxylic acids is 1. The van der Waals surface area contributed by atoms with Gasteiger partial charge in [-0.05, 0) is 42.5 Å². The first-order valence-electron chi connectivity index (χ1n) is 10.8. The van der Waals surface area contributed by atoms with Crippen molar-refractivity contribution in [3.63, 3.8) is 0 Å². The second-order valence-corrected chi connectivity index (χ2v) is 8.68. The van der Waals surface area contributed by atoms with Gasteiger partial charge in [-0.25, -0.2) is 4.98 Å². The average Bonchev–Trinajstić information content (AvgIpc) is 3.19. The molecule has 0 spiro atoms. The van der Waals surface area contributed by atoms with Gasteiger partial charge in [0, 0.05) is 57.1 Å². The summed E-state index contributed by atoms with van der Waals surface area (Å²) in [6.45, 7) is 1.94. The Bertz CT molecular complexity index is 1200. The molecule has 160 valence electrons. The largest absolute Gasteiger partial charge is 0.508 e. The lowest BCUT2D eigenvalue weighted by Crippen LogP contribution is -2.49. The number of aromatic nitrogens is 3. The maximum absolute atomic E-state index is 13.2. The third-order valence-electron chi connectivity index (χ3n) is 6.62. The molecule has 1 aromatic carbocycles. The number of aryl methyl sites for hydroxylation is 2. The van der Waals surface area contributed by atoms with Crippen molar-refractivity contribution in [3.05, 3.63) is 70.4 Å². The fraction of sp³-hybridized carbons (Fsp3) is 0.375. The molecule has 0 radical (unpaired) electrons. The van der Waals surface area contributed by atoms with Crippen LogP contribution in [-0.2, 0) is 24.8 Å². The Morgan fingerprint density at radius 2 is 2.00 bits per heavy atom. The number of hydrogen-bond acceptors (Lipinski definition) is 4. The van der Waals surface area contributed by atoms with Gasteiger partial charge < -0.3 is 19.1 Å². The van der Waals surface area contributed by atoms with Crippen LogP contribution in [0.15, 0.2) is 53.6 Å². The molecule has 2 atom stereocenters. The van der Waals surface area contributed by atoms with E-state index in [-0.39, 0.29) is 29.1 Å². The van der Waals surface area contributed by atoms with Crippen LogP contribution in [0, 0.1) is 5.92 Å². The summed E-state index contributed by atoms with van der Waals surface area (Å²) >= 11 is 0. The molecule has 1 N–H and O–H groups in total. The number of fused-ring (bicyclic) bond motifs is 4. The maximum atomic E-state index is 13.2. The summed E-state index contributed by atoms with van der Waals surface area (Å²) in [5.41, 5.74) is 2.43. The Kier molecular flexibility index (Phi) is 4.88. The smallest absolute Gasteiger partial charge is 0.261 e. The zero-order chi connectivity index (χ0) is 21.5. The van der Waals surface area contributed by atoms with Crippen LogP contribution in [0.5, 0.6) is 5.75 Å². The molecular weight excluding hydrogens is 392 g/mol. The van der Waals surface area contributed by atoms with E-state index in [1.807, 2.05) is 51.5 Å². The first-order valence-corrected chi connectivity index (χ1v) is 10.8. The Morgan fingerprint density at radius 1 is 1.16 bits per heavy atom. The van der Waals surface area contributed by atoms with Gasteiger partial charge in [-0.15, -0.1) is 0 Å². The maximum Gasteiger partial charge on any atom is 0.261 e. The number of imidazole rings is 1. The van der Waals surface area contributed by atoms with Gasteiger partial charge in [0.1, 0.15) is 11.6 Å². The van der Waals surface area contributed by atoms with Crippen molar-refractivity contribution < 1.29 is 9.90 Å². The van der Waals surface area contributed by atoms with E-state index in [9.17, 15) is 14.7 Å². The number of hydrogen-bond donors (Lipinski definition) is 1. The summed E-state index contributed by atoms with van der Waals surface area (Å²) in [6, 6.07) is 11.1. The van der Waals surface area contributed by atoms with E-state index in [1.165, 1.54) is 0 Å². The summed E-state index contributed by atoms with van der Waals surface area (Å²) in [5.74, 6) is 1.47. The molecule has 2 aliphatic heterocycles. The molecule has 2 aromatic heterocycles. The topological polar surface area (TPSA) is 80.4 Å². The summed E-state index contributed by atoms with van der Waals surface area (Å²) in [6.07, 6.45) is 5.45. The lowest BCUT2D eigenvalue weighted by atomic mass is 9.82. The van der Waals surface area contributed by atoms with Gasteiger partial charge in [0.2, 0.25) is 5.91 Å². The van der Waals surface area contributed by atoms with Crippen molar-refractivity contribution >= 4 is 5.91 Å². The van der Waals surface area contributed by atoms with Gasteiger partial charge in [-0.1, -0.05) is 18.2 Å². The molecule has 2 bridgehead atoms. The first kappa shape index (κ1) is 19.6. The Morgan fingerprint density at radius 3 is 2.77 bits per heavy atom. The van der Waals surface area contributed by atoms with Crippen LogP contribution in [0.25, 0.3) is 11.4 Å². The van der Waals surface area contributed by atoms with Crippen LogP contribution in [0.1, 0.15) is 30.0 Å². The van der Waals surface area contributed by atoms with Crippen LogP contribution in [0.4, 0.5) is 0 Å². The number of likely N-dealkylation sites (tertiary alicyclic amines) is 1. The second-order valence-electron chi connectivity index (χ2n) is 8.68. The summed E-state index contributed by atoms with van der Waals surface area (Å²) in [5, 5.41) is 9.95. The van der Waals surface area contributed by atoms with Crippen LogP contribution < -0.4 is 5.56 Å². The van der Waals surface area contributed by atoms with Crippen molar-refractivity contribution in [1.29, 1.82) is 0 Å². The molecule has 1 fully saturated rings. The third kappa shape index (κ3) is 3.54. The number of aromatic hydroxyl groups is 1. The Labute approximate surface area is 180 Å². The van der Waals surface area contributed by atoms with E-state index < -0.39 is 0 Å². The molecule has 7 nitrogen and oxygen atoms in total. The highest BCUT2D eigenvalue weighted by Gasteiger charge is 2.36. The molecule has 5 rings (SSSR count). The predicted molar refractivity (Wildman–Crippen MR) is 117 cm³/mol. The van der Waals surface area contributed by atoms with Crippen LogP contribution in [0.3, 0.4) is 0 Å². The normalized spacial score (nSPS) is 19.8. The van der Waals surface area contributed by atoms with Gasteiger partial charge in [-0.2, -0.15) is 0 Å². The van der Waals surface area contributed by atoms with E-state index in [0.717, 1.165) is 17.7 Å². The van der Waals surface area contributed by atoms with E-state index in [0.29, 0.717) is 43.9 Å². The quantitative estimate of drug-likeness (QED) is 0.706.